The van der Waals surface area contributed by atoms with Crippen molar-refractivity contribution < 1.29 is 19.4 Å². The molecule has 1 amide bonds. The van der Waals surface area contributed by atoms with Gasteiger partial charge < -0.3 is 14.6 Å². The number of carbonyl (C=O) groups excluding carboxylic acids is 1. The van der Waals surface area contributed by atoms with Gasteiger partial charge in [0.2, 0.25) is 0 Å². The SMILES string of the molecule is CN(C(=O)OCc1ccccc1)[C@@]1(c2ccccc2)[C]([O-])Oc2ccccc21. The fraction of sp³-hybridized carbons (Fsp3) is 0.130. The van der Waals surface area contributed by atoms with Crippen molar-refractivity contribution in [2.75, 3.05) is 7.05 Å². The molecule has 1 heterocycles. The van der Waals surface area contributed by atoms with Crippen molar-refractivity contribution in [1.29, 1.82) is 0 Å². The summed E-state index contributed by atoms with van der Waals surface area (Å²) in [5, 5.41) is 13.1. The summed E-state index contributed by atoms with van der Waals surface area (Å²) in [6.45, 7) is 0.117. The van der Waals surface area contributed by atoms with Crippen LogP contribution in [0.2, 0.25) is 0 Å². The Hall–Kier alpha value is -3.31. The minimum absolute atomic E-state index is 0.117. The number of hydrogen-bond donors (Lipinski definition) is 0. The van der Waals surface area contributed by atoms with E-state index in [1.54, 1.807) is 25.2 Å². The average Bonchev–Trinajstić information content (AvgIpc) is 3.05. The Balaban J connectivity index is 1.72. The molecule has 0 aromatic heterocycles. The Labute approximate surface area is 163 Å². The minimum atomic E-state index is -1.40. The fourth-order valence-corrected chi connectivity index (χ4v) is 3.56. The molecule has 5 heteroatoms. The fourth-order valence-electron chi connectivity index (χ4n) is 3.56. The molecule has 0 aliphatic carbocycles. The molecule has 28 heavy (non-hydrogen) atoms. The van der Waals surface area contributed by atoms with Crippen molar-refractivity contribution in [2.45, 2.75) is 12.1 Å². The Kier molecular flexibility index (Phi) is 4.75. The second-order valence-electron chi connectivity index (χ2n) is 6.56. The van der Waals surface area contributed by atoms with E-state index >= 15 is 0 Å². The number of benzene rings is 3. The number of likely N-dealkylation sites (N-methyl/N-ethyl adjacent to an activating group) is 1. The van der Waals surface area contributed by atoms with E-state index in [-0.39, 0.29) is 6.61 Å². The van der Waals surface area contributed by atoms with E-state index in [0.717, 1.165) is 5.56 Å². The molecule has 0 fully saturated rings. The molecule has 0 spiro atoms. The van der Waals surface area contributed by atoms with E-state index in [1.807, 2.05) is 66.7 Å². The first kappa shape index (κ1) is 18.1. The molecule has 5 nitrogen and oxygen atoms in total. The van der Waals surface area contributed by atoms with Gasteiger partial charge in [0.15, 0.2) is 0 Å². The van der Waals surface area contributed by atoms with E-state index in [0.29, 0.717) is 16.9 Å². The molecule has 0 saturated heterocycles. The van der Waals surface area contributed by atoms with Gasteiger partial charge in [0.1, 0.15) is 17.9 Å². The Morgan fingerprint density at radius 3 is 2.29 bits per heavy atom. The van der Waals surface area contributed by atoms with Gasteiger partial charge in [-0.15, -0.1) is 0 Å². The maximum absolute atomic E-state index is 13.1. The number of rotatable bonds is 4. The molecule has 141 valence electrons. The van der Waals surface area contributed by atoms with Crippen LogP contribution in [0.4, 0.5) is 4.79 Å². The summed E-state index contributed by atoms with van der Waals surface area (Å²) in [6, 6.07) is 25.7. The van der Waals surface area contributed by atoms with Crippen LogP contribution in [0, 0.1) is 6.29 Å². The molecule has 1 aliphatic heterocycles. The lowest BCUT2D eigenvalue weighted by molar-refractivity contribution is -0.414. The quantitative estimate of drug-likeness (QED) is 0.703. The van der Waals surface area contributed by atoms with Crippen LogP contribution < -0.4 is 9.84 Å². The highest BCUT2D eigenvalue weighted by molar-refractivity contribution is 5.72. The largest absolute Gasteiger partial charge is 0.814 e. The number of para-hydroxylation sites is 1. The summed E-state index contributed by atoms with van der Waals surface area (Å²) in [7, 11) is 1.56. The van der Waals surface area contributed by atoms with Crippen LogP contribution in [0.15, 0.2) is 84.9 Å². The third kappa shape index (κ3) is 2.90. The topological polar surface area (TPSA) is 61.8 Å². The van der Waals surface area contributed by atoms with Gasteiger partial charge in [0.05, 0.1) is 6.29 Å². The van der Waals surface area contributed by atoms with E-state index < -0.39 is 17.9 Å². The third-order valence-electron chi connectivity index (χ3n) is 4.95. The van der Waals surface area contributed by atoms with Crippen molar-refractivity contribution in [3.63, 3.8) is 0 Å². The lowest BCUT2D eigenvalue weighted by Gasteiger charge is -2.44. The monoisotopic (exact) mass is 373 g/mol. The second kappa shape index (κ2) is 7.37. The third-order valence-corrected chi connectivity index (χ3v) is 4.95. The van der Waals surface area contributed by atoms with Gasteiger partial charge in [0.25, 0.3) is 0 Å². The molecule has 1 radical (unpaired) electrons. The van der Waals surface area contributed by atoms with E-state index in [4.69, 9.17) is 9.47 Å². The minimum Gasteiger partial charge on any atom is -0.814 e. The predicted molar refractivity (Wildman–Crippen MR) is 102 cm³/mol. The molecular formula is C23H19NO4-. The molecule has 0 bridgehead atoms. The number of hydrogen-bond acceptors (Lipinski definition) is 4. The Bertz CT molecular complexity index is 961. The number of carbonyl (C=O) groups is 1. The lowest BCUT2D eigenvalue weighted by atomic mass is 9.82. The number of fused-ring (bicyclic) bond motifs is 1. The zero-order valence-corrected chi connectivity index (χ0v) is 15.4. The van der Waals surface area contributed by atoms with Gasteiger partial charge in [-0.1, -0.05) is 78.9 Å². The van der Waals surface area contributed by atoms with E-state index in [9.17, 15) is 9.90 Å². The molecular weight excluding hydrogens is 354 g/mol. The summed E-state index contributed by atoms with van der Waals surface area (Å²) in [5.41, 5.74) is 0.730. The van der Waals surface area contributed by atoms with Crippen LogP contribution >= 0.6 is 0 Å². The van der Waals surface area contributed by atoms with Crippen LogP contribution in [0.5, 0.6) is 5.75 Å². The first-order chi connectivity index (χ1) is 13.6. The van der Waals surface area contributed by atoms with Gasteiger partial charge >= 0.3 is 6.09 Å². The van der Waals surface area contributed by atoms with E-state index in [1.165, 1.54) is 4.90 Å². The standard InChI is InChI=1S/C23H19NO4/c1-24(22(26)27-16-17-10-4-2-5-11-17)23(18-12-6-3-7-13-18)19-14-8-9-15-20(19)28-21(23)25/h2-15H,16H2,1H3/q-1/t23-/m1/s1. The highest BCUT2D eigenvalue weighted by atomic mass is 16.6. The van der Waals surface area contributed by atoms with Gasteiger partial charge in [-0.05, 0) is 17.2 Å². The van der Waals surface area contributed by atoms with Crippen molar-refractivity contribution in [2.24, 2.45) is 0 Å². The average molecular weight is 373 g/mol. The maximum Gasteiger partial charge on any atom is 0.410 e. The highest BCUT2D eigenvalue weighted by Crippen LogP contribution is 2.50. The van der Waals surface area contributed by atoms with Crippen molar-refractivity contribution in [3.8, 4) is 5.75 Å². The Morgan fingerprint density at radius 1 is 0.964 bits per heavy atom. The van der Waals surface area contributed by atoms with E-state index in [2.05, 4.69) is 0 Å². The van der Waals surface area contributed by atoms with Crippen molar-refractivity contribution in [3.05, 3.63) is 108 Å². The summed E-state index contributed by atoms with van der Waals surface area (Å²) >= 11 is 0. The van der Waals surface area contributed by atoms with Gasteiger partial charge in [-0.2, -0.15) is 0 Å². The first-order valence-electron chi connectivity index (χ1n) is 8.96. The summed E-state index contributed by atoms with van der Waals surface area (Å²) in [5.74, 6) is 0.444. The predicted octanol–water partition coefficient (Wildman–Crippen LogP) is 3.44. The maximum atomic E-state index is 13.1. The number of amides is 1. The first-order valence-corrected chi connectivity index (χ1v) is 8.96. The summed E-state index contributed by atoms with van der Waals surface area (Å²) < 4.78 is 11.0. The molecule has 3 aromatic carbocycles. The van der Waals surface area contributed by atoms with Crippen LogP contribution in [-0.2, 0) is 16.9 Å². The second-order valence-corrected chi connectivity index (χ2v) is 6.56. The molecule has 1 atom stereocenters. The van der Waals surface area contributed by atoms with Crippen LogP contribution in [-0.4, -0.2) is 18.0 Å². The smallest absolute Gasteiger partial charge is 0.410 e. The summed E-state index contributed by atoms with van der Waals surface area (Å²) in [6.07, 6.45) is -1.14. The molecule has 4 rings (SSSR count). The molecule has 0 N–H and O–H groups in total. The van der Waals surface area contributed by atoms with Crippen LogP contribution in [0.25, 0.3) is 0 Å². The van der Waals surface area contributed by atoms with Crippen molar-refractivity contribution in [1.82, 2.24) is 4.90 Å². The molecule has 0 saturated carbocycles. The lowest BCUT2D eigenvalue weighted by Crippen LogP contribution is -2.54. The molecule has 0 unspecified atom stereocenters. The van der Waals surface area contributed by atoms with Gasteiger partial charge in [0, 0.05) is 12.6 Å². The van der Waals surface area contributed by atoms with Crippen LogP contribution in [0.3, 0.4) is 0 Å². The zero-order valence-electron chi connectivity index (χ0n) is 15.4. The van der Waals surface area contributed by atoms with Crippen LogP contribution in [0.1, 0.15) is 16.7 Å². The van der Waals surface area contributed by atoms with Gasteiger partial charge in [-0.25, -0.2) is 4.79 Å². The normalized spacial score (nSPS) is 18.2. The molecule has 1 aliphatic rings. The molecule has 3 aromatic rings. The number of nitrogens with zero attached hydrogens (tertiary/aromatic N) is 1. The number of ether oxygens (including phenoxy) is 2. The van der Waals surface area contributed by atoms with Gasteiger partial charge in [-0.3, -0.25) is 4.90 Å². The Morgan fingerprint density at radius 2 is 1.57 bits per heavy atom. The summed E-state index contributed by atoms with van der Waals surface area (Å²) in [4.78, 5) is 14.3. The van der Waals surface area contributed by atoms with Crippen molar-refractivity contribution >= 4 is 6.09 Å². The zero-order chi connectivity index (χ0) is 19.6. The highest BCUT2D eigenvalue weighted by Gasteiger charge is 2.51.